The van der Waals surface area contributed by atoms with Crippen molar-refractivity contribution in [3.05, 3.63) is 35.9 Å². The fourth-order valence-electron chi connectivity index (χ4n) is 3.45. The minimum atomic E-state index is 0.0557. The summed E-state index contributed by atoms with van der Waals surface area (Å²) in [5.74, 6) is 0.228. The molecule has 0 spiro atoms. The highest BCUT2D eigenvalue weighted by Crippen LogP contribution is 2.13. The molecule has 4 nitrogen and oxygen atoms in total. The van der Waals surface area contributed by atoms with Crippen molar-refractivity contribution in [3.8, 4) is 0 Å². The Hall–Kier alpha value is -1.84. The highest BCUT2D eigenvalue weighted by atomic mass is 16.2. The van der Waals surface area contributed by atoms with Gasteiger partial charge in [-0.3, -0.25) is 9.59 Å². The van der Waals surface area contributed by atoms with Crippen LogP contribution in [0, 0.1) is 0 Å². The Kier molecular flexibility index (Phi) is 9.84. The van der Waals surface area contributed by atoms with Gasteiger partial charge in [0.15, 0.2) is 0 Å². The van der Waals surface area contributed by atoms with E-state index < -0.39 is 0 Å². The second-order valence-electron chi connectivity index (χ2n) is 7.33. The molecule has 1 heterocycles. The molecule has 1 aromatic rings. The van der Waals surface area contributed by atoms with Gasteiger partial charge in [-0.1, -0.05) is 75.3 Å². The molecule has 1 saturated heterocycles. The van der Waals surface area contributed by atoms with Crippen molar-refractivity contribution >= 4 is 11.8 Å². The predicted octanol–water partition coefficient (Wildman–Crippen LogP) is 4.44. The normalized spacial score (nSPS) is 19.6. The van der Waals surface area contributed by atoms with Gasteiger partial charge < -0.3 is 10.2 Å². The van der Waals surface area contributed by atoms with Gasteiger partial charge in [0.2, 0.25) is 11.8 Å². The fourth-order valence-corrected chi connectivity index (χ4v) is 3.45. The molecule has 0 aromatic heterocycles. The van der Waals surface area contributed by atoms with Gasteiger partial charge in [-0.15, -0.1) is 0 Å². The van der Waals surface area contributed by atoms with Crippen molar-refractivity contribution in [2.24, 2.45) is 0 Å². The Morgan fingerprint density at radius 3 is 2.08 bits per heavy atom. The van der Waals surface area contributed by atoms with E-state index in [1.165, 1.54) is 38.5 Å². The zero-order chi connectivity index (χ0) is 18.5. The van der Waals surface area contributed by atoms with Crippen LogP contribution in [0.5, 0.6) is 0 Å². The largest absolute Gasteiger partial charge is 0.356 e. The van der Waals surface area contributed by atoms with E-state index in [0.29, 0.717) is 25.9 Å². The van der Waals surface area contributed by atoms with Crippen molar-refractivity contribution in [1.29, 1.82) is 0 Å². The minimum Gasteiger partial charge on any atom is -0.356 e. The molecule has 0 bridgehead atoms. The van der Waals surface area contributed by atoms with Gasteiger partial charge in [-0.2, -0.15) is 0 Å². The Bertz CT molecular complexity index is 530. The highest BCUT2D eigenvalue weighted by Gasteiger charge is 2.15. The Morgan fingerprint density at radius 2 is 1.38 bits per heavy atom. The Balaban J connectivity index is 1.91. The Morgan fingerprint density at radius 1 is 0.769 bits per heavy atom. The molecule has 1 aliphatic rings. The SMILES string of the molecule is O=C1CCN(Cc2ccccc2)C(=O)CCCCCCCCCCCN1. The summed E-state index contributed by atoms with van der Waals surface area (Å²) in [6.07, 6.45) is 11.7. The van der Waals surface area contributed by atoms with Crippen LogP contribution in [-0.4, -0.2) is 29.8 Å². The van der Waals surface area contributed by atoms with Crippen LogP contribution in [0.3, 0.4) is 0 Å². The maximum atomic E-state index is 12.7. The van der Waals surface area contributed by atoms with E-state index in [4.69, 9.17) is 0 Å². The zero-order valence-corrected chi connectivity index (χ0v) is 16.0. The first-order chi connectivity index (χ1) is 12.8. The average Bonchev–Trinajstić information content (AvgIpc) is 2.66. The van der Waals surface area contributed by atoms with E-state index >= 15 is 0 Å². The molecular formula is C22H34N2O2. The number of carbonyl (C=O) groups is 2. The molecule has 0 aliphatic carbocycles. The summed E-state index contributed by atoms with van der Waals surface area (Å²) in [4.78, 5) is 26.6. The summed E-state index contributed by atoms with van der Waals surface area (Å²) in [7, 11) is 0. The number of nitrogens with one attached hydrogen (secondary N) is 1. The van der Waals surface area contributed by atoms with Crippen LogP contribution in [0.2, 0.25) is 0 Å². The average molecular weight is 359 g/mol. The van der Waals surface area contributed by atoms with Crippen LogP contribution in [0.4, 0.5) is 0 Å². The monoisotopic (exact) mass is 358 g/mol. The molecule has 0 saturated carbocycles. The van der Waals surface area contributed by atoms with E-state index in [2.05, 4.69) is 5.32 Å². The van der Waals surface area contributed by atoms with Crippen molar-refractivity contribution in [3.63, 3.8) is 0 Å². The van der Waals surface area contributed by atoms with E-state index in [-0.39, 0.29) is 11.8 Å². The molecule has 4 heteroatoms. The first kappa shape index (κ1) is 20.5. The van der Waals surface area contributed by atoms with Crippen LogP contribution in [0.1, 0.15) is 76.2 Å². The molecule has 0 unspecified atom stereocenters. The molecule has 1 aliphatic heterocycles. The van der Waals surface area contributed by atoms with Gasteiger partial charge >= 0.3 is 0 Å². The van der Waals surface area contributed by atoms with Gasteiger partial charge in [0.05, 0.1) is 0 Å². The summed E-state index contributed by atoms with van der Waals surface area (Å²) in [5.41, 5.74) is 1.12. The van der Waals surface area contributed by atoms with E-state index in [1.54, 1.807) is 0 Å². The molecule has 26 heavy (non-hydrogen) atoms. The number of hydrogen-bond donors (Lipinski definition) is 1. The summed E-state index contributed by atoms with van der Waals surface area (Å²) in [5, 5.41) is 3.00. The molecule has 1 N–H and O–H groups in total. The molecule has 1 fully saturated rings. The number of nitrogens with zero attached hydrogens (tertiary/aromatic N) is 1. The number of hydrogen-bond acceptors (Lipinski definition) is 2. The van der Waals surface area contributed by atoms with Crippen molar-refractivity contribution in [2.75, 3.05) is 13.1 Å². The summed E-state index contributed by atoms with van der Waals surface area (Å²) >= 11 is 0. The summed E-state index contributed by atoms with van der Waals surface area (Å²) in [6.45, 7) is 1.85. The van der Waals surface area contributed by atoms with Gasteiger partial charge in [0, 0.05) is 32.5 Å². The standard InChI is InChI=1S/C22H34N2O2/c25-21-16-18-24(19-20-13-9-8-10-14-20)22(26)15-11-6-4-2-1-3-5-7-12-17-23-21/h8-10,13-14H,1-7,11-12,15-19H2,(H,23,25). The van der Waals surface area contributed by atoms with Gasteiger partial charge in [0.1, 0.15) is 0 Å². The highest BCUT2D eigenvalue weighted by molar-refractivity contribution is 5.79. The second-order valence-corrected chi connectivity index (χ2v) is 7.33. The van der Waals surface area contributed by atoms with Crippen LogP contribution < -0.4 is 5.32 Å². The lowest BCUT2D eigenvalue weighted by Gasteiger charge is -2.23. The van der Waals surface area contributed by atoms with Crippen molar-refractivity contribution in [2.45, 2.75) is 77.2 Å². The first-order valence-corrected chi connectivity index (χ1v) is 10.3. The molecule has 2 amide bonds. The van der Waals surface area contributed by atoms with E-state index in [1.807, 2.05) is 35.2 Å². The first-order valence-electron chi connectivity index (χ1n) is 10.3. The fraction of sp³-hybridized carbons (Fsp3) is 0.636. The van der Waals surface area contributed by atoms with E-state index in [9.17, 15) is 9.59 Å². The van der Waals surface area contributed by atoms with Gasteiger partial charge in [-0.25, -0.2) is 0 Å². The van der Waals surface area contributed by atoms with Gasteiger partial charge in [-0.05, 0) is 18.4 Å². The zero-order valence-electron chi connectivity index (χ0n) is 16.0. The lowest BCUT2D eigenvalue weighted by Crippen LogP contribution is -2.35. The topological polar surface area (TPSA) is 49.4 Å². The third kappa shape index (κ3) is 8.50. The van der Waals surface area contributed by atoms with Crippen LogP contribution in [0.15, 0.2) is 30.3 Å². The second kappa shape index (κ2) is 12.5. The molecule has 144 valence electrons. The molecule has 0 radical (unpaired) electrons. The number of benzene rings is 1. The predicted molar refractivity (Wildman–Crippen MR) is 106 cm³/mol. The third-order valence-electron chi connectivity index (χ3n) is 5.07. The minimum absolute atomic E-state index is 0.0557. The smallest absolute Gasteiger partial charge is 0.222 e. The molecule has 0 atom stereocenters. The lowest BCUT2D eigenvalue weighted by atomic mass is 10.1. The van der Waals surface area contributed by atoms with Crippen molar-refractivity contribution in [1.82, 2.24) is 10.2 Å². The van der Waals surface area contributed by atoms with Crippen LogP contribution >= 0.6 is 0 Å². The van der Waals surface area contributed by atoms with Crippen LogP contribution in [-0.2, 0) is 16.1 Å². The summed E-state index contributed by atoms with van der Waals surface area (Å²) in [6, 6.07) is 10.0. The van der Waals surface area contributed by atoms with Gasteiger partial charge in [0.25, 0.3) is 0 Å². The van der Waals surface area contributed by atoms with E-state index in [0.717, 1.165) is 31.4 Å². The number of rotatable bonds is 2. The summed E-state index contributed by atoms with van der Waals surface area (Å²) < 4.78 is 0. The number of amides is 2. The maximum absolute atomic E-state index is 12.7. The maximum Gasteiger partial charge on any atom is 0.222 e. The molecule has 1 aromatic carbocycles. The molecule has 2 rings (SSSR count). The Labute approximate surface area is 158 Å². The van der Waals surface area contributed by atoms with Crippen molar-refractivity contribution < 1.29 is 9.59 Å². The quantitative estimate of drug-likeness (QED) is 0.850. The molecular weight excluding hydrogens is 324 g/mol. The lowest BCUT2D eigenvalue weighted by molar-refractivity contribution is -0.132. The number of carbonyl (C=O) groups excluding carboxylic acids is 2. The van der Waals surface area contributed by atoms with Crippen LogP contribution in [0.25, 0.3) is 0 Å². The third-order valence-corrected chi connectivity index (χ3v) is 5.07.